The second-order valence-corrected chi connectivity index (χ2v) is 3.28. The van der Waals surface area contributed by atoms with Crippen LogP contribution < -0.4 is 0 Å². The highest BCUT2D eigenvalue weighted by Crippen LogP contribution is 2.50. The number of rotatable bonds is 1. The molecular weight excluding hydrogens is 136 g/mol. The summed E-state index contributed by atoms with van der Waals surface area (Å²) in [6.45, 7) is 1.72. The van der Waals surface area contributed by atoms with Crippen LogP contribution >= 0.6 is 0 Å². The third-order valence-corrected chi connectivity index (χ3v) is 2.18. The van der Waals surface area contributed by atoms with Crippen molar-refractivity contribution in [2.45, 2.75) is 24.8 Å². The maximum absolute atomic E-state index is 9.63. The Hall–Kier alpha value is -0.820. The van der Waals surface area contributed by atoms with Crippen molar-refractivity contribution >= 4 is 0 Å². The Balaban J connectivity index is 2.25. The average molecular weight is 149 g/mol. The van der Waals surface area contributed by atoms with Crippen molar-refractivity contribution in [1.82, 2.24) is 0 Å². The van der Waals surface area contributed by atoms with Crippen LogP contribution in [-0.4, -0.2) is 10.7 Å². The van der Waals surface area contributed by atoms with Crippen molar-refractivity contribution in [1.29, 1.82) is 0 Å². The Morgan fingerprint density at radius 1 is 1.55 bits per heavy atom. The molecule has 58 valence electrons. The fraction of sp³-hybridized carbons (Fsp3) is 0.400. The Bertz CT molecular complexity index is 281. The van der Waals surface area contributed by atoms with Gasteiger partial charge in [0, 0.05) is 7.29 Å². The van der Waals surface area contributed by atoms with Gasteiger partial charge in [0.15, 0.2) is 0 Å². The van der Waals surface area contributed by atoms with Crippen molar-refractivity contribution in [3.8, 4) is 0 Å². The minimum atomic E-state index is -0.804. The molecular formula is C10H12O. The molecule has 1 fully saturated rings. The molecule has 0 unspecified atom stereocenters. The van der Waals surface area contributed by atoms with Crippen molar-refractivity contribution in [2.24, 2.45) is 0 Å². The largest absolute Gasteiger partial charge is 0.390 e. The molecule has 0 bridgehead atoms. The Labute approximate surface area is 68.1 Å². The lowest BCUT2D eigenvalue weighted by molar-refractivity contribution is 0.164. The summed E-state index contributed by atoms with van der Waals surface area (Å²) in [5.74, 6) is 0.0127. The van der Waals surface area contributed by atoms with E-state index in [0.717, 1.165) is 5.56 Å². The number of hydrogen-bond donors (Lipinski definition) is 1. The predicted octanol–water partition coefficient (Wildman–Crippen LogP) is 1.92. The van der Waals surface area contributed by atoms with Crippen LogP contribution in [0.2, 0.25) is 0 Å². The van der Waals surface area contributed by atoms with Gasteiger partial charge in [0.05, 0.1) is 5.60 Å². The molecule has 0 saturated heterocycles. The summed E-state index contributed by atoms with van der Waals surface area (Å²) in [4.78, 5) is 0. The fourth-order valence-electron chi connectivity index (χ4n) is 1.38. The van der Waals surface area contributed by atoms with Gasteiger partial charge in [-0.1, -0.05) is 30.3 Å². The van der Waals surface area contributed by atoms with Crippen LogP contribution in [0, 0.1) is 0 Å². The zero-order valence-corrected chi connectivity index (χ0v) is 6.49. The van der Waals surface area contributed by atoms with Gasteiger partial charge in [0.25, 0.3) is 0 Å². The Morgan fingerprint density at radius 3 is 2.55 bits per heavy atom. The normalized spacial score (nSPS) is 43.3. The van der Waals surface area contributed by atoms with Crippen molar-refractivity contribution in [3.05, 3.63) is 35.9 Å². The topological polar surface area (TPSA) is 20.2 Å². The number of hydrogen-bond acceptors (Lipinski definition) is 1. The molecule has 1 saturated carbocycles. The first-order valence-corrected chi connectivity index (χ1v) is 3.83. The van der Waals surface area contributed by atoms with Crippen molar-refractivity contribution < 1.29 is 6.48 Å². The van der Waals surface area contributed by atoms with E-state index in [9.17, 15) is 5.11 Å². The van der Waals surface area contributed by atoms with Gasteiger partial charge in [0.1, 0.15) is 0 Å². The van der Waals surface area contributed by atoms with E-state index in [4.69, 9.17) is 1.37 Å². The van der Waals surface area contributed by atoms with Gasteiger partial charge in [-0.25, -0.2) is 0 Å². The highest BCUT2D eigenvalue weighted by atomic mass is 16.3. The smallest absolute Gasteiger partial charge is 0.0696 e. The SMILES string of the molecule is [2H][C@H]1[C@H](c2ccccc2)[C@]1(C)O. The molecule has 1 nitrogen and oxygen atoms in total. The van der Waals surface area contributed by atoms with Gasteiger partial charge in [-0.05, 0) is 18.9 Å². The average Bonchev–Trinajstić information content (AvgIpc) is 2.53. The second-order valence-electron chi connectivity index (χ2n) is 3.28. The Kier molecular flexibility index (Phi) is 1.09. The summed E-state index contributed by atoms with van der Waals surface area (Å²) >= 11 is 0. The maximum atomic E-state index is 9.63. The van der Waals surface area contributed by atoms with Gasteiger partial charge in [0.2, 0.25) is 0 Å². The van der Waals surface area contributed by atoms with Crippen LogP contribution in [-0.2, 0) is 0 Å². The monoisotopic (exact) mass is 149 g/mol. The zero-order chi connectivity index (χ0) is 8.77. The van der Waals surface area contributed by atoms with E-state index in [-0.39, 0.29) is 12.3 Å². The molecule has 1 aliphatic carbocycles. The van der Waals surface area contributed by atoms with E-state index in [2.05, 4.69) is 0 Å². The number of aliphatic hydroxyl groups is 1. The van der Waals surface area contributed by atoms with E-state index in [1.165, 1.54) is 0 Å². The quantitative estimate of drug-likeness (QED) is 0.646. The molecule has 1 aliphatic rings. The summed E-state index contributed by atoms with van der Waals surface area (Å²) in [6, 6.07) is 9.76. The summed E-state index contributed by atoms with van der Waals surface area (Å²) in [6.07, 6.45) is -0.347. The molecule has 1 N–H and O–H groups in total. The second kappa shape index (κ2) is 2.08. The zero-order valence-electron chi connectivity index (χ0n) is 7.49. The standard InChI is InChI=1S/C10H12O/c1-10(11)7-9(10)8-5-3-2-4-6-8/h2-6,9,11H,7H2,1H3/t9-,10-/m1/s1/i7D/t7-,9+,10+/m0. The molecule has 1 heteroatoms. The van der Waals surface area contributed by atoms with Crippen LogP contribution in [0.25, 0.3) is 0 Å². The minimum absolute atomic E-state index is 0.0127. The first kappa shape index (κ1) is 5.78. The van der Waals surface area contributed by atoms with Crippen molar-refractivity contribution in [2.75, 3.05) is 0 Å². The van der Waals surface area contributed by atoms with E-state index in [1.807, 2.05) is 30.3 Å². The molecule has 0 radical (unpaired) electrons. The molecule has 0 aromatic heterocycles. The van der Waals surface area contributed by atoms with Gasteiger partial charge in [-0.2, -0.15) is 0 Å². The lowest BCUT2D eigenvalue weighted by Crippen LogP contribution is -2.01. The highest BCUT2D eigenvalue weighted by molar-refractivity contribution is 5.29. The van der Waals surface area contributed by atoms with Crippen molar-refractivity contribution in [3.63, 3.8) is 0 Å². The van der Waals surface area contributed by atoms with Crippen LogP contribution in [0.15, 0.2) is 30.3 Å². The Morgan fingerprint density at radius 2 is 2.09 bits per heavy atom. The first-order chi connectivity index (χ1) is 5.64. The molecule has 0 amide bonds. The van der Waals surface area contributed by atoms with Gasteiger partial charge in [-0.3, -0.25) is 0 Å². The lowest BCUT2D eigenvalue weighted by Gasteiger charge is -2.01. The fourth-order valence-corrected chi connectivity index (χ4v) is 1.38. The number of benzene rings is 1. The van der Waals surface area contributed by atoms with Gasteiger partial charge < -0.3 is 5.11 Å². The first-order valence-electron chi connectivity index (χ1n) is 4.41. The highest BCUT2D eigenvalue weighted by Gasteiger charge is 2.49. The summed E-state index contributed by atoms with van der Waals surface area (Å²) < 4.78 is 7.54. The molecule has 1 aromatic carbocycles. The molecule has 0 heterocycles. The van der Waals surface area contributed by atoms with E-state index < -0.39 is 5.60 Å². The molecule has 0 spiro atoms. The lowest BCUT2D eigenvalue weighted by atomic mass is 10.1. The molecule has 3 atom stereocenters. The van der Waals surface area contributed by atoms with Gasteiger partial charge in [-0.15, -0.1) is 0 Å². The van der Waals surface area contributed by atoms with Crippen LogP contribution in [0.5, 0.6) is 0 Å². The predicted molar refractivity (Wildman–Crippen MR) is 44.4 cm³/mol. The van der Waals surface area contributed by atoms with Crippen LogP contribution in [0.3, 0.4) is 0 Å². The molecule has 0 aliphatic heterocycles. The summed E-state index contributed by atoms with van der Waals surface area (Å²) in [5.41, 5.74) is 0.268. The third kappa shape index (κ3) is 1.16. The molecule has 11 heavy (non-hydrogen) atoms. The van der Waals surface area contributed by atoms with E-state index in [1.54, 1.807) is 6.92 Å². The van der Waals surface area contributed by atoms with E-state index >= 15 is 0 Å². The molecule has 2 rings (SSSR count). The summed E-state index contributed by atoms with van der Waals surface area (Å²) in [5, 5.41) is 9.63. The third-order valence-electron chi connectivity index (χ3n) is 2.18. The summed E-state index contributed by atoms with van der Waals surface area (Å²) in [7, 11) is 0. The minimum Gasteiger partial charge on any atom is -0.390 e. The van der Waals surface area contributed by atoms with E-state index in [0.29, 0.717) is 0 Å². The van der Waals surface area contributed by atoms with Crippen LogP contribution in [0.1, 0.15) is 26.2 Å². The van der Waals surface area contributed by atoms with Crippen LogP contribution in [0.4, 0.5) is 0 Å². The maximum Gasteiger partial charge on any atom is 0.0696 e. The molecule has 1 aromatic rings. The van der Waals surface area contributed by atoms with Gasteiger partial charge >= 0.3 is 0 Å².